The summed E-state index contributed by atoms with van der Waals surface area (Å²) in [6.07, 6.45) is 0. The fourth-order valence-electron chi connectivity index (χ4n) is 3.01. The molecule has 0 unspecified atom stereocenters. The molecule has 1 aromatic heterocycles. The molecule has 0 aliphatic rings. The Morgan fingerprint density at radius 2 is 1.76 bits per heavy atom. The summed E-state index contributed by atoms with van der Waals surface area (Å²) in [4.78, 5) is 40.5. The monoisotopic (exact) mass is 493 g/mol. The van der Waals surface area contributed by atoms with E-state index in [1.165, 1.54) is 18.2 Å². The van der Waals surface area contributed by atoms with Crippen LogP contribution in [0.25, 0.3) is 11.4 Å². The van der Waals surface area contributed by atoms with Crippen molar-refractivity contribution in [3.8, 4) is 11.4 Å². The topological polar surface area (TPSA) is 120 Å². The van der Waals surface area contributed by atoms with Crippen LogP contribution in [-0.4, -0.2) is 37.3 Å². The molecule has 9 nitrogen and oxygen atoms in total. The van der Waals surface area contributed by atoms with Gasteiger partial charge in [-0.1, -0.05) is 71.9 Å². The molecular formula is C23H16ClN5O4S. The Balaban J connectivity index is 1.57. The van der Waals surface area contributed by atoms with Gasteiger partial charge in [-0.05, 0) is 18.2 Å². The number of nitrogens with one attached hydrogen (secondary N) is 1. The molecule has 4 aromatic rings. The van der Waals surface area contributed by atoms with E-state index in [0.29, 0.717) is 17.1 Å². The highest BCUT2D eigenvalue weighted by atomic mass is 35.5. The molecule has 1 heterocycles. The lowest BCUT2D eigenvalue weighted by Gasteiger charge is -2.07. The molecule has 11 heteroatoms. The maximum atomic E-state index is 13.2. The van der Waals surface area contributed by atoms with E-state index in [0.717, 1.165) is 16.4 Å². The van der Waals surface area contributed by atoms with Gasteiger partial charge in [0.1, 0.15) is 0 Å². The van der Waals surface area contributed by atoms with Crippen molar-refractivity contribution in [2.24, 2.45) is 0 Å². The molecule has 0 spiro atoms. The van der Waals surface area contributed by atoms with E-state index in [9.17, 15) is 19.7 Å². The summed E-state index contributed by atoms with van der Waals surface area (Å²) in [5.74, 6) is -0.693. The van der Waals surface area contributed by atoms with E-state index in [4.69, 9.17) is 11.6 Å². The molecule has 1 amide bonds. The highest BCUT2D eigenvalue weighted by molar-refractivity contribution is 7.99. The average molecular weight is 494 g/mol. The molecule has 0 saturated carbocycles. The van der Waals surface area contributed by atoms with Crippen LogP contribution < -0.4 is 5.32 Å². The lowest BCUT2D eigenvalue weighted by Crippen LogP contribution is -2.18. The van der Waals surface area contributed by atoms with E-state index in [1.54, 1.807) is 30.3 Å². The Hall–Kier alpha value is -4.02. The van der Waals surface area contributed by atoms with Gasteiger partial charge in [-0.2, -0.15) is 4.68 Å². The van der Waals surface area contributed by atoms with Gasteiger partial charge in [-0.15, -0.1) is 5.10 Å². The molecule has 0 fully saturated rings. The summed E-state index contributed by atoms with van der Waals surface area (Å²) in [6, 6.07) is 21.3. The number of benzene rings is 3. The van der Waals surface area contributed by atoms with Gasteiger partial charge in [0.05, 0.1) is 21.3 Å². The van der Waals surface area contributed by atoms with Gasteiger partial charge in [0.15, 0.2) is 11.0 Å². The van der Waals surface area contributed by atoms with Gasteiger partial charge in [0.25, 0.3) is 11.6 Å². The number of non-ortho nitro benzene ring substituents is 1. The summed E-state index contributed by atoms with van der Waals surface area (Å²) in [6.45, 7) is 0. The number of aromatic nitrogens is 3. The first-order chi connectivity index (χ1) is 16.4. The lowest BCUT2D eigenvalue weighted by molar-refractivity contribution is -0.384. The molecule has 3 aromatic carbocycles. The lowest BCUT2D eigenvalue weighted by atomic mass is 10.2. The molecule has 0 aliphatic heterocycles. The van der Waals surface area contributed by atoms with Crippen LogP contribution in [0.15, 0.2) is 84.0 Å². The molecule has 0 atom stereocenters. The Kier molecular flexibility index (Phi) is 7.00. The standard InChI is InChI=1S/C23H16ClN5O4S/c24-19-12-5-4-11-18(19)22(31)28-23(26-21(27-28)15-7-2-1-3-8-15)34-14-20(30)25-16-9-6-10-17(13-16)29(32)33/h1-13H,14H2,(H,25,30). The van der Waals surface area contributed by atoms with Crippen molar-refractivity contribution in [1.82, 2.24) is 14.8 Å². The number of thioether (sulfide) groups is 1. The van der Waals surface area contributed by atoms with Crippen molar-refractivity contribution in [2.75, 3.05) is 11.1 Å². The highest BCUT2D eigenvalue weighted by Crippen LogP contribution is 2.25. The number of carbonyl (C=O) groups is 2. The smallest absolute Gasteiger partial charge is 0.282 e. The van der Waals surface area contributed by atoms with E-state index >= 15 is 0 Å². The van der Waals surface area contributed by atoms with Crippen molar-refractivity contribution in [3.63, 3.8) is 0 Å². The second kappa shape index (κ2) is 10.3. The van der Waals surface area contributed by atoms with Gasteiger partial charge >= 0.3 is 0 Å². The number of amides is 1. The normalized spacial score (nSPS) is 10.6. The molecular weight excluding hydrogens is 478 g/mol. The third-order valence-electron chi connectivity index (χ3n) is 4.58. The molecule has 1 N–H and O–H groups in total. The number of anilines is 1. The Morgan fingerprint density at radius 3 is 2.50 bits per heavy atom. The minimum atomic E-state index is -0.543. The molecule has 0 saturated heterocycles. The largest absolute Gasteiger partial charge is 0.325 e. The summed E-state index contributed by atoms with van der Waals surface area (Å²) >= 11 is 7.21. The number of hydrogen-bond donors (Lipinski definition) is 1. The Morgan fingerprint density at radius 1 is 1.03 bits per heavy atom. The van der Waals surface area contributed by atoms with Crippen molar-refractivity contribution < 1.29 is 14.5 Å². The van der Waals surface area contributed by atoms with Crippen LogP contribution >= 0.6 is 23.4 Å². The number of nitrogens with zero attached hydrogens (tertiary/aromatic N) is 4. The van der Waals surface area contributed by atoms with Gasteiger partial charge in [-0.25, -0.2) is 4.98 Å². The molecule has 0 aliphatic carbocycles. The predicted octanol–water partition coefficient (Wildman–Crippen LogP) is 4.93. The van der Waals surface area contributed by atoms with Crippen LogP contribution in [0.4, 0.5) is 11.4 Å². The van der Waals surface area contributed by atoms with E-state index in [1.807, 2.05) is 30.3 Å². The first kappa shape index (κ1) is 23.1. The third-order valence-corrected chi connectivity index (χ3v) is 5.84. The van der Waals surface area contributed by atoms with Gasteiger partial charge in [0, 0.05) is 23.4 Å². The second-order valence-corrected chi connectivity index (χ2v) is 8.27. The minimum Gasteiger partial charge on any atom is -0.325 e. The van der Waals surface area contributed by atoms with E-state index in [2.05, 4.69) is 15.4 Å². The van der Waals surface area contributed by atoms with E-state index < -0.39 is 16.7 Å². The Labute approximate surface area is 202 Å². The summed E-state index contributed by atoms with van der Waals surface area (Å²) < 4.78 is 1.12. The van der Waals surface area contributed by atoms with Gasteiger partial charge in [0.2, 0.25) is 5.91 Å². The van der Waals surface area contributed by atoms with Gasteiger partial charge < -0.3 is 5.32 Å². The number of nitro groups is 1. The number of halogens is 1. The Bertz CT molecular complexity index is 1380. The molecule has 4 rings (SSSR count). The van der Waals surface area contributed by atoms with Crippen LogP contribution in [-0.2, 0) is 4.79 Å². The van der Waals surface area contributed by atoms with Crippen molar-refractivity contribution in [2.45, 2.75) is 5.16 Å². The van der Waals surface area contributed by atoms with Crippen molar-refractivity contribution in [3.05, 3.63) is 99.6 Å². The maximum Gasteiger partial charge on any atom is 0.282 e. The van der Waals surface area contributed by atoms with Crippen LogP contribution in [0.5, 0.6) is 0 Å². The first-order valence-electron chi connectivity index (χ1n) is 9.91. The fraction of sp³-hybridized carbons (Fsp3) is 0.0435. The number of hydrogen-bond acceptors (Lipinski definition) is 7. The third kappa shape index (κ3) is 5.30. The predicted molar refractivity (Wildman–Crippen MR) is 129 cm³/mol. The minimum absolute atomic E-state index is 0.106. The van der Waals surface area contributed by atoms with Crippen molar-refractivity contribution in [1.29, 1.82) is 0 Å². The molecule has 0 bridgehead atoms. The van der Waals surface area contributed by atoms with Crippen LogP contribution in [0.2, 0.25) is 5.02 Å². The maximum absolute atomic E-state index is 13.2. The number of carbonyl (C=O) groups excluding carboxylic acids is 2. The second-order valence-electron chi connectivity index (χ2n) is 6.93. The fourth-order valence-corrected chi connectivity index (χ4v) is 3.95. The van der Waals surface area contributed by atoms with Gasteiger partial charge in [-0.3, -0.25) is 19.7 Å². The summed E-state index contributed by atoms with van der Waals surface area (Å²) in [5, 5.41) is 18.4. The zero-order valence-electron chi connectivity index (χ0n) is 17.4. The zero-order valence-corrected chi connectivity index (χ0v) is 19.0. The molecule has 0 radical (unpaired) electrons. The highest BCUT2D eigenvalue weighted by Gasteiger charge is 2.21. The first-order valence-corrected chi connectivity index (χ1v) is 11.3. The summed E-state index contributed by atoms with van der Waals surface area (Å²) in [7, 11) is 0. The van der Waals surface area contributed by atoms with Crippen LogP contribution in [0.1, 0.15) is 10.4 Å². The average Bonchev–Trinajstić information content (AvgIpc) is 3.28. The van der Waals surface area contributed by atoms with E-state index in [-0.39, 0.29) is 27.2 Å². The summed E-state index contributed by atoms with van der Waals surface area (Å²) in [5.41, 5.74) is 1.11. The molecule has 170 valence electrons. The number of nitro benzene ring substituents is 1. The molecule has 34 heavy (non-hydrogen) atoms. The zero-order chi connectivity index (χ0) is 24.1. The van der Waals surface area contributed by atoms with Crippen molar-refractivity contribution >= 4 is 46.6 Å². The number of rotatable bonds is 7. The van der Waals surface area contributed by atoms with Crippen LogP contribution in [0.3, 0.4) is 0 Å². The SMILES string of the molecule is O=C(CSc1nc(-c2ccccc2)nn1C(=O)c1ccccc1Cl)Nc1cccc([N+](=O)[O-])c1. The quantitative estimate of drug-likeness (QED) is 0.220. The van der Waals surface area contributed by atoms with Crippen LogP contribution in [0, 0.1) is 10.1 Å².